The van der Waals surface area contributed by atoms with Crippen molar-refractivity contribution in [2.24, 2.45) is 0 Å². The Labute approximate surface area is 193 Å². The Kier molecular flexibility index (Phi) is 9.19. The van der Waals surface area contributed by atoms with E-state index in [9.17, 15) is 17.8 Å². The summed E-state index contributed by atoms with van der Waals surface area (Å²) in [5.74, 6) is -0.207. The number of ketones is 1. The molecule has 0 heterocycles. The van der Waals surface area contributed by atoms with Crippen molar-refractivity contribution in [2.75, 3.05) is 0 Å². The zero-order valence-corrected chi connectivity index (χ0v) is 20.9. The lowest BCUT2D eigenvalue weighted by Gasteiger charge is -2.26. The van der Waals surface area contributed by atoms with Crippen LogP contribution in [0.2, 0.25) is 0 Å². The average Bonchev–Trinajstić information content (AvgIpc) is 2.70. The zero-order valence-electron chi connectivity index (χ0n) is 20.1. The van der Waals surface area contributed by atoms with Crippen LogP contribution in [0.3, 0.4) is 0 Å². The van der Waals surface area contributed by atoms with E-state index in [1.807, 2.05) is 58.0 Å². The maximum atomic E-state index is 13.8. The lowest BCUT2D eigenvalue weighted by Crippen LogP contribution is -2.35. The molecule has 0 saturated carbocycles. The molecule has 2 N–H and O–H groups in total. The number of hydrogen-bond acceptors (Lipinski definition) is 3. The molecule has 0 spiro atoms. The van der Waals surface area contributed by atoms with E-state index in [1.165, 1.54) is 0 Å². The lowest BCUT2D eigenvalue weighted by molar-refractivity contribution is 0.0950. The number of nitrogens with one attached hydrogen (secondary N) is 1. The van der Waals surface area contributed by atoms with Gasteiger partial charge in [-0.25, -0.2) is 0 Å². The van der Waals surface area contributed by atoms with E-state index < -0.39 is 16.3 Å². The zero-order chi connectivity index (χ0) is 24.1. The van der Waals surface area contributed by atoms with Gasteiger partial charge in [-0.15, -0.1) is 0 Å². The number of hydrogen-bond donors (Lipinski definition) is 2. The first kappa shape index (κ1) is 26.2. The van der Waals surface area contributed by atoms with Crippen molar-refractivity contribution >= 4 is 16.1 Å². The second kappa shape index (κ2) is 11.2. The van der Waals surface area contributed by atoms with Gasteiger partial charge in [-0.3, -0.25) is 9.35 Å². The first-order valence-electron chi connectivity index (χ1n) is 11.5. The van der Waals surface area contributed by atoms with Crippen molar-refractivity contribution < 1.29 is 17.8 Å². The van der Waals surface area contributed by atoms with Gasteiger partial charge in [-0.05, 0) is 64.6 Å². The molecule has 0 aliphatic carbocycles. The largest absolute Gasteiger partial charge is 0.334 e. The molecule has 176 valence electrons. The van der Waals surface area contributed by atoms with Crippen LogP contribution in [-0.2, 0) is 23.1 Å². The summed E-state index contributed by atoms with van der Waals surface area (Å²) in [7, 11) is -4.62. The molecule has 0 aliphatic rings. The molecule has 32 heavy (non-hydrogen) atoms. The smallest absolute Gasteiger partial charge is 0.292 e. The molecule has 0 bridgehead atoms. The van der Waals surface area contributed by atoms with Gasteiger partial charge in [0.05, 0.1) is 0 Å². The van der Waals surface area contributed by atoms with Crippen LogP contribution in [0.1, 0.15) is 110 Å². The molecule has 0 aliphatic heterocycles. The van der Waals surface area contributed by atoms with Gasteiger partial charge in [0.25, 0.3) is 0 Å². The summed E-state index contributed by atoms with van der Waals surface area (Å²) in [5, 5.41) is 0. The normalized spacial score (nSPS) is 13.0. The van der Waals surface area contributed by atoms with Crippen LogP contribution in [-0.4, -0.2) is 18.8 Å². The molecular formula is C26H37NO4S. The fourth-order valence-electron chi connectivity index (χ4n) is 4.27. The van der Waals surface area contributed by atoms with Gasteiger partial charge in [-0.2, -0.15) is 13.1 Å². The van der Waals surface area contributed by atoms with Gasteiger partial charge in [0.2, 0.25) is 0 Å². The van der Waals surface area contributed by atoms with Crippen LogP contribution in [0, 0.1) is 0 Å². The Bertz CT molecular complexity index is 991. The summed E-state index contributed by atoms with van der Waals surface area (Å²) in [5.41, 5.74) is 5.02. The Morgan fingerprint density at radius 1 is 0.906 bits per heavy atom. The summed E-state index contributed by atoms with van der Waals surface area (Å²) in [6.45, 7) is 12.2. The summed E-state index contributed by atoms with van der Waals surface area (Å²) < 4.78 is 35.8. The highest BCUT2D eigenvalue weighted by atomic mass is 32.2. The van der Waals surface area contributed by atoms with Crippen LogP contribution in [0.4, 0.5) is 0 Å². The second-order valence-corrected chi connectivity index (χ2v) is 10.3. The van der Waals surface area contributed by atoms with Crippen LogP contribution in [0.25, 0.3) is 0 Å². The van der Waals surface area contributed by atoms with Crippen LogP contribution >= 0.6 is 0 Å². The summed E-state index contributed by atoms with van der Waals surface area (Å²) in [6.07, 6.45) is 3.58. The minimum absolute atomic E-state index is 0.0734. The number of rotatable bonds is 11. The van der Waals surface area contributed by atoms with Crippen molar-refractivity contribution in [1.82, 2.24) is 4.72 Å². The summed E-state index contributed by atoms with van der Waals surface area (Å²) in [4.78, 5) is 13.8. The van der Waals surface area contributed by atoms with Gasteiger partial charge in [-0.1, -0.05) is 78.6 Å². The number of Topliss-reactive ketones (excluding diaryl/α,β-unsaturated/α-hetero) is 1. The number of carbonyl (C=O) groups excluding carboxylic acids is 1. The Morgan fingerprint density at radius 3 is 1.75 bits per heavy atom. The van der Waals surface area contributed by atoms with Crippen LogP contribution < -0.4 is 4.72 Å². The average molecular weight is 460 g/mol. The summed E-state index contributed by atoms with van der Waals surface area (Å²) >= 11 is 0. The highest BCUT2D eigenvalue weighted by Gasteiger charge is 2.31. The van der Waals surface area contributed by atoms with E-state index in [0.717, 1.165) is 47.9 Å². The van der Waals surface area contributed by atoms with Gasteiger partial charge >= 0.3 is 10.3 Å². The van der Waals surface area contributed by atoms with Crippen molar-refractivity contribution in [2.45, 2.75) is 85.1 Å². The predicted octanol–water partition coefficient (Wildman–Crippen LogP) is 6.15. The fourth-order valence-corrected chi connectivity index (χ4v) is 4.79. The maximum Gasteiger partial charge on any atom is 0.334 e. The first-order valence-corrected chi connectivity index (χ1v) is 13.0. The molecule has 1 unspecified atom stereocenters. The number of benzene rings is 2. The lowest BCUT2D eigenvalue weighted by atomic mass is 9.82. The quantitative estimate of drug-likeness (QED) is 0.312. The molecule has 5 nitrogen and oxygen atoms in total. The van der Waals surface area contributed by atoms with Gasteiger partial charge < -0.3 is 0 Å². The maximum absolute atomic E-state index is 13.8. The minimum atomic E-state index is -4.62. The Hall–Kier alpha value is -2.02. The molecule has 2 aromatic carbocycles. The summed E-state index contributed by atoms with van der Waals surface area (Å²) in [6, 6.07) is 10.4. The predicted molar refractivity (Wildman–Crippen MR) is 131 cm³/mol. The molecule has 1 atom stereocenters. The molecule has 0 saturated heterocycles. The topological polar surface area (TPSA) is 83.5 Å². The standard InChI is InChI=1S/C26H37NO4S/c1-7-10-19-14-20(11-8-2)16-21(15-19)26(28)25(27-32(29,30)31)24-22(17(3)4)12-9-13-23(24)18(5)6/h9,12-18,25,27H,7-8,10-11H2,1-6H3,(H,29,30,31). The second-order valence-electron chi connectivity index (χ2n) is 9.09. The van der Waals surface area contributed by atoms with E-state index in [1.54, 1.807) is 0 Å². The van der Waals surface area contributed by atoms with Gasteiger partial charge in [0.15, 0.2) is 5.78 Å². The van der Waals surface area contributed by atoms with E-state index in [4.69, 9.17) is 0 Å². The molecule has 6 heteroatoms. The molecule has 0 amide bonds. The minimum Gasteiger partial charge on any atom is -0.292 e. The van der Waals surface area contributed by atoms with Crippen molar-refractivity contribution in [3.63, 3.8) is 0 Å². The van der Waals surface area contributed by atoms with Crippen molar-refractivity contribution in [3.8, 4) is 0 Å². The van der Waals surface area contributed by atoms with Gasteiger partial charge in [0, 0.05) is 5.56 Å². The van der Waals surface area contributed by atoms with Crippen LogP contribution in [0.5, 0.6) is 0 Å². The van der Waals surface area contributed by atoms with Gasteiger partial charge in [0.1, 0.15) is 6.04 Å². The van der Waals surface area contributed by atoms with E-state index in [0.29, 0.717) is 11.1 Å². The third-order valence-corrected chi connectivity index (χ3v) is 6.18. The Balaban J connectivity index is 2.75. The third-order valence-electron chi connectivity index (χ3n) is 5.65. The Morgan fingerprint density at radius 2 is 1.38 bits per heavy atom. The highest BCUT2D eigenvalue weighted by Crippen LogP contribution is 2.35. The van der Waals surface area contributed by atoms with Crippen LogP contribution in [0.15, 0.2) is 36.4 Å². The highest BCUT2D eigenvalue weighted by molar-refractivity contribution is 7.83. The van der Waals surface area contributed by atoms with E-state index in [-0.39, 0.29) is 17.6 Å². The number of carbonyl (C=O) groups is 1. The third kappa shape index (κ3) is 6.74. The van der Waals surface area contributed by atoms with E-state index in [2.05, 4.69) is 24.6 Å². The first-order chi connectivity index (χ1) is 15.0. The van der Waals surface area contributed by atoms with Crippen molar-refractivity contribution in [1.29, 1.82) is 0 Å². The molecule has 2 rings (SSSR count). The van der Waals surface area contributed by atoms with Crippen molar-refractivity contribution in [3.05, 3.63) is 69.8 Å². The molecule has 0 fully saturated rings. The molecular weight excluding hydrogens is 422 g/mol. The monoisotopic (exact) mass is 459 g/mol. The van der Waals surface area contributed by atoms with E-state index >= 15 is 0 Å². The number of aryl methyl sites for hydroxylation is 2. The fraction of sp³-hybridized carbons (Fsp3) is 0.500. The molecule has 2 aromatic rings. The molecule has 0 aromatic heterocycles. The SMILES string of the molecule is CCCc1cc(CCC)cc(C(=O)C(NS(=O)(=O)O)c2c(C(C)C)cccc2C(C)C)c1. The molecule has 0 radical (unpaired) electrons.